The summed E-state index contributed by atoms with van der Waals surface area (Å²) in [5.74, 6) is -1.77. The highest BCUT2D eigenvalue weighted by atomic mass is 19.4. The van der Waals surface area contributed by atoms with Crippen LogP contribution in [0, 0.1) is 0 Å². The van der Waals surface area contributed by atoms with E-state index in [0.717, 1.165) is 6.07 Å². The third kappa shape index (κ3) is 5.10. The molecule has 2 aromatic carbocycles. The van der Waals surface area contributed by atoms with E-state index in [9.17, 15) is 22.8 Å². The van der Waals surface area contributed by atoms with Gasteiger partial charge in [-0.25, -0.2) is 9.97 Å². The van der Waals surface area contributed by atoms with E-state index in [-0.39, 0.29) is 22.6 Å². The summed E-state index contributed by atoms with van der Waals surface area (Å²) in [6, 6.07) is 10.8. The van der Waals surface area contributed by atoms with Gasteiger partial charge in [0.25, 0.3) is 5.91 Å². The normalized spacial score (nSPS) is 10.9. The van der Waals surface area contributed by atoms with Crippen molar-refractivity contribution < 1.29 is 32.2 Å². The van der Waals surface area contributed by atoms with Crippen LogP contribution in [0.1, 0.15) is 26.4 Å². The number of carbonyl (C=O) groups excluding carboxylic acids is 2. The molecule has 154 valence electrons. The Hall–Kier alpha value is -3.95. The number of hydrogen-bond acceptors (Lipinski definition) is 6. The Morgan fingerprint density at radius 1 is 0.967 bits per heavy atom. The minimum absolute atomic E-state index is 0.0205. The predicted octanol–water partition coefficient (Wildman–Crippen LogP) is 3.87. The molecule has 7 nitrogen and oxygen atoms in total. The lowest BCUT2D eigenvalue weighted by Crippen LogP contribution is -2.18. The molecular formula is C20H14F3N3O4. The molecule has 0 radical (unpaired) electrons. The van der Waals surface area contributed by atoms with Gasteiger partial charge in [-0.2, -0.15) is 0 Å². The van der Waals surface area contributed by atoms with Crippen molar-refractivity contribution in [3.63, 3.8) is 0 Å². The van der Waals surface area contributed by atoms with Crippen molar-refractivity contribution >= 4 is 17.4 Å². The van der Waals surface area contributed by atoms with Crippen molar-refractivity contribution in [1.82, 2.24) is 9.97 Å². The van der Waals surface area contributed by atoms with E-state index >= 15 is 0 Å². The topological polar surface area (TPSA) is 90.4 Å². The molecule has 0 saturated heterocycles. The number of ketones is 1. The molecule has 0 atom stereocenters. The van der Waals surface area contributed by atoms with Gasteiger partial charge in [0, 0.05) is 23.0 Å². The summed E-state index contributed by atoms with van der Waals surface area (Å²) in [7, 11) is 1.19. The number of halogens is 3. The standard InChI is InChI=1S/C20H14F3N3O4/c1-29-16-7-4-13(10-17(16)30-20(21,22)23)18(27)12-2-5-14(6-3-12)26-19(28)15-8-9-24-11-25-15/h2-11H,1H3,(H,26,28). The maximum Gasteiger partial charge on any atom is 0.573 e. The fourth-order valence-corrected chi connectivity index (χ4v) is 2.51. The monoisotopic (exact) mass is 417 g/mol. The molecule has 0 saturated carbocycles. The fraction of sp³-hybridized carbons (Fsp3) is 0.100. The van der Waals surface area contributed by atoms with Crippen molar-refractivity contribution in [3.8, 4) is 11.5 Å². The number of carbonyl (C=O) groups is 2. The molecule has 0 aliphatic carbocycles. The highest BCUT2D eigenvalue weighted by molar-refractivity contribution is 6.09. The highest BCUT2D eigenvalue weighted by Crippen LogP contribution is 2.33. The maximum atomic E-state index is 12.6. The summed E-state index contributed by atoms with van der Waals surface area (Å²) >= 11 is 0. The summed E-state index contributed by atoms with van der Waals surface area (Å²) in [5, 5.41) is 2.61. The number of rotatable bonds is 6. The zero-order valence-corrected chi connectivity index (χ0v) is 15.4. The quantitative estimate of drug-likeness (QED) is 0.613. The third-order valence-corrected chi connectivity index (χ3v) is 3.87. The minimum Gasteiger partial charge on any atom is -0.493 e. The van der Waals surface area contributed by atoms with E-state index in [1.165, 1.54) is 62.1 Å². The number of methoxy groups -OCH3 is 1. The van der Waals surface area contributed by atoms with E-state index in [4.69, 9.17) is 4.74 Å². The van der Waals surface area contributed by atoms with Crippen LogP contribution in [0.15, 0.2) is 61.1 Å². The fourth-order valence-electron chi connectivity index (χ4n) is 2.51. The van der Waals surface area contributed by atoms with Crippen molar-refractivity contribution in [1.29, 1.82) is 0 Å². The van der Waals surface area contributed by atoms with Crippen molar-refractivity contribution in [2.24, 2.45) is 0 Å². The smallest absolute Gasteiger partial charge is 0.493 e. The molecule has 1 aromatic heterocycles. The average Bonchev–Trinajstić information content (AvgIpc) is 2.73. The van der Waals surface area contributed by atoms with Crippen molar-refractivity contribution in [2.75, 3.05) is 12.4 Å². The summed E-state index contributed by atoms with van der Waals surface area (Å²) in [6.07, 6.45) is -2.27. The van der Waals surface area contributed by atoms with Crippen molar-refractivity contribution in [2.45, 2.75) is 6.36 Å². The average molecular weight is 417 g/mol. The summed E-state index contributed by atoms with van der Waals surface area (Å²) < 4.78 is 46.5. The molecule has 0 unspecified atom stereocenters. The second-order valence-corrected chi connectivity index (χ2v) is 5.87. The van der Waals surface area contributed by atoms with Gasteiger partial charge in [-0.1, -0.05) is 0 Å². The van der Waals surface area contributed by atoms with Crippen LogP contribution in [0.3, 0.4) is 0 Å². The molecule has 1 heterocycles. The second-order valence-electron chi connectivity index (χ2n) is 5.87. The van der Waals surface area contributed by atoms with Crippen LogP contribution in [0.2, 0.25) is 0 Å². The van der Waals surface area contributed by atoms with Gasteiger partial charge in [0.15, 0.2) is 17.3 Å². The summed E-state index contributed by atoms with van der Waals surface area (Å²) in [6.45, 7) is 0. The number of hydrogen-bond donors (Lipinski definition) is 1. The molecule has 0 aliphatic heterocycles. The number of ether oxygens (including phenoxy) is 2. The van der Waals surface area contributed by atoms with Gasteiger partial charge in [0.05, 0.1) is 7.11 Å². The number of benzene rings is 2. The molecule has 30 heavy (non-hydrogen) atoms. The molecular weight excluding hydrogens is 403 g/mol. The Morgan fingerprint density at radius 2 is 1.67 bits per heavy atom. The summed E-state index contributed by atoms with van der Waals surface area (Å²) in [5.41, 5.74) is 0.762. The van der Waals surface area contributed by atoms with Crippen molar-refractivity contribution in [3.05, 3.63) is 77.9 Å². The van der Waals surface area contributed by atoms with Crippen LogP contribution in [-0.2, 0) is 0 Å². The predicted molar refractivity (Wildman–Crippen MR) is 99.5 cm³/mol. The van der Waals surface area contributed by atoms with Crippen LogP contribution in [0.4, 0.5) is 18.9 Å². The minimum atomic E-state index is -4.93. The van der Waals surface area contributed by atoms with E-state index < -0.39 is 23.8 Å². The first kappa shape index (κ1) is 20.8. The van der Waals surface area contributed by atoms with Gasteiger partial charge in [-0.05, 0) is 48.5 Å². The molecule has 3 rings (SSSR count). The van der Waals surface area contributed by atoms with Crippen LogP contribution in [-0.4, -0.2) is 35.1 Å². The maximum absolute atomic E-state index is 12.6. The van der Waals surface area contributed by atoms with E-state index in [1.807, 2.05) is 0 Å². The third-order valence-electron chi connectivity index (χ3n) is 3.87. The number of anilines is 1. The van der Waals surface area contributed by atoms with Gasteiger partial charge in [0.2, 0.25) is 0 Å². The second kappa shape index (κ2) is 8.60. The van der Waals surface area contributed by atoms with Gasteiger partial charge in [-0.3, -0.25) is 9.59 Å². The first-order valence-electron chi connectivity index (χ1n) is 8.43. The number of alkyl halides is 3. The first-order valence-corrected chi connectivity index (χ1v) is 8.43. The molecule has 0 fully saturated rings. The molecule has 3 aromatic rings. The Balaban J connectivity index is 1.77. The van der Waals surface area contributed by atoms with Gasteiger partial charge in [0.1, 0.15) is 12.0 Å². The van der Waals surface area contributed by atoms with Crippen LogP contribution in [0.5, 0.6) is 11.5 Å². The van der Waals surface area contributed by atoms with Crippen LogP contribution in [0.25, 0.3) is 0 Å². The Morgan fingerprint density at radius 3 is 2.27 bits per heavy atom. The molecule has 0 bridgehead atoms. The lowest BCUT2D eigenvalue weighted by Gasteiger charge is -2.13. The van der Waals surface area contributed by atoms with E-state index in [0.29, 0.717) is 5.69 Å². The summed E-state index contributed by atoms with van der Waals surface area (Å²) in [4.78, 5) is 32.3. The SMILES string of the molecule is COc1ccc(C(=O)c2ccc(NC(=O)c3ccncn3)cc2)cc1OC(F)(F)F. The van der Waals surface area contributed by atoms with Gasteiger partial charge in [-0.15, -0.1) is 13.2 Å². The number of nitrogens with one attached hydrogen (secondary N) is 1. The molecule has 1 amide bonds. The molecule has 10 heteroatoms. The zero-order valence-electron chi connectivity index (χ0n) is 15.4. The Kier molecular flexibility index (Phi) is 5.95. The number of amides is 1. The first-order chi connectivity index (χ1) is 14.3. The number of aromatic nitrogens is 2. The van der Waals surface area contributed by atoms with Crippen LogP contribution >= 0.6 is 0 Å². The van der Waals surface area contributed by atoms with E-state index in [2.05, 4.69) is 20.0 Å². The zero-order chi connectivity index (χ0) is 21.7. The lowest BCUT2D eigenvalue weighted by atomic mass is 10.0. The van der Waals surface area contributed by atoms with Crippen LogP contribution < -0.4 is 14.8 Å². The van der Waals surface area contributed by atoms with E-state index in [1.54, 1.807) is 0 Å². The molecule has 0 aliphatic rings. The highest BCUT2D eigenvalue weighted by Gasteiger charge is 2.33. The largest absolute Gasteiger partial charge is 0.573 e. The van der Waals surface area contributed by atoms with Gasteiger partial charge >= 0.3 is 6.36 Å². The molecule has 0 spiro atoms. The lowest BCUT2D eigenvalue weighted by molar-refractivity contribution is -0.275. The Bertz CT molecular complexity index is 1060. The Labute approximate surface area is 168 Å². The number of nitrogens with zero attached hydrogens (tertiary/aromatic N) is 2. The molecule has 1 N–H and O–H groups in total. The van der Waals surface area contributed by atoms with Gasteiger partial charge < -0.3 is 14.8 Å².